The summed E-state index contributed by atoms with van der Waals surface area (Å²) in [6, 6.07) is 11.6. The standard InChI is InChI=1S/C24H35N3O3/c1-4-26(5-2)15-9-10-20(3)25-23(28)13-16-27(18-21-11-7-6-8-12-21)24(29)22-14-17-30-19-22/h6-8,11-12,14,17,19-20H,4-5,9-10,13,15-16,18H2,1-3H3,(H,25,28). The van der Waals surface area contributed by atoms with E-state index in [0.717, 1.165) is 38.0 Å². The van der Waals surface area contributed by atoms with E-state index in [0.29, 0.717) is 18.7 Å². The summed E-state index contributed by atoms with van der Waals surface area (Å²) in [5.74, 6) is -0.156. The number of amides is 2. The van der Waals surface area contributed by atoms with Gasteiger partial charge in [0.05, 0.1) is 11.8 Å². The Morgan fingerprint density at radius 3 is 2.43 bits per heavy atom. The van der Waals surface area contributed by atoms with Crippen LogP contribution in [-0.2, 0) is 11.3 Å². The van der Waals surface area contributed by atoms with E-state index in [4.69, 9.17) is 4.42 Å². The normalized spacial score (nSPS) is 12.0. The van der Waals surface area contributed by atoms with Gasteiger partial charge in [-0.2, -0.15) is 0 Å². The summed E-state index contributed by atoms with van der Waals surface area (Å²) in [7, 11) is 0. The smallest absolute Gasteiger partial charge is 0.257 e. The van der Waals surface area contributed by atoms with Gasteiger partial charge >= 0.3 is 0 Å². The highest BCUT2D eigenvalue weighted by molar-refractivity contribution is 5.94. The van der Waals surface area contributed by atoms with Crippen LogP contribution in [-0.4, -0.2) is 53.8 Å². The third-order valence-corrected chi connectivity index (χ3v) is 5.29. The fourth-order valence-corrected chi connectivity index (χ4v) is 3.44. The van der Waals surface area contributed by atoms with Crippen molar-refractivity contribution in [3.63, 3.8) is 0 Å². The average molecular weight is 414 g/mol. The molecule has 1 aromatic heterocycles. The van der Waals surface area contributed by atoms with Crippen LogP contribution in [0.3, 0.4) is 0 Å². The van der Waals surface area contributed by atoms with Gasteiger partial charge in [0.1, 0.15) is 6.26 Å². The lowest BCUT2D eigenvalue weighted by atomic mass is 10.1. The molecular formula is C24H35N3O3. The van der Waals surface area contributed by atoms with Crippen LogP contribution in [0.2, 0.25) is 0 Å². The van der Waals surface area contributed by atoms with Gasteiger partial charge in [-0.25, -0.2) is 0 Å². The van der Waals surface area contributed by atoms with Gasteiger partial charge < -0.3 is 19.5 Å². The molecule has 0 saturated heterocycles. The van der Waals surface area contributed by atoms with Crippen molar-refractivity contribution in [2.75, 3.05) is 26.2 Å². The molecular weight excluding hydrogens is 378 g/mol. The van der Waals surface area contributed by atoms with E-state index in [-0.39, 0.29) is 24.3 Å². The maximum atomic E-state index is 12.8. The largest absolute Gasteiger partial charge is 0.472 e. The number of carbonyl (C=O) groups is 2. The molecule has 30 heavy (non-hydrogen) atoms. The molecule has 1 heterocycles. The molecule has 1 atom stereocenters. The van der Waals surface area contributed by atoms with Gasteiger partial charge in [-0.1, -0.05) is 44.2 Å². The van der Waals surface area contributed by atoms with Gasteiger partial charge in [-0.05, 0) is 51.0 Å². The lowest BCUT2D eigenvalue weighted by molar-refractivity contribution is -0.121. The van der Waals surface area contributed by atoms with Crippen molar-refractivity contribution in [2.24, 2.45) is 0 Å². The van der Waals surface area contributed by atoms with Gasteiger partial charge in [0.2, 0.25) is 5.91 Å². The molecule has 1 unspecified atom stereocenters. The highest BCUT2D eigenvalue weighted by Gasteiger charge is 2.19. The zero-order valence-corrected chi connectivity index (χ0v) is 18.5. The molecule has 0 fully saturated rings. The maximum Gasteiger partial charge on any atom is 0.257 e. The van der Waals surface area contributed by atoms with Crippen molar-refractivity contribution < 1.29 is 14.0 Å². The van der Waals surface area contributed by atoms with Crippen molar-refractivity contribution in [1.82, 2.24) is 15.1 Å². The van der Waals surface area contributed by atoms with E-state index in [1.165, 1.54) is 12.5 Å². The number of benzene rings is 1. The van der Waals surface area contributed by atoms with E-state index in [2.05, 4.69) is 24.1 Å². The molecule has 0 aliphatic carbocycles. The molecule has 0 aliphatic rings. The van der Waals surface area contributed by atoms with Crippen LogP contribution in [0, 0.1) is 0 Å². The lowest BCUT2D eigenvalue weighted by Crippen LogP contribution is -2.38. The second kappa shape index (κ2) is 12.9. The van der Waals surface area contributed by atoms with Crippen molar-refractivity contribution >= 4 is 11.8 Å². The van der Waals surface area contributed by atoms with E-state index >= 15 is 0 Å². The Morgan fingerprint density at radius 2 is 1.80 bits per heavy atom. The zero-order chi connectivity index (χ0) is 21.8. The Kier molecular flexibility index (Phi) is 10.1. The molecule has 1 N–H and O–H groups in total. The first-order valence-electron chi connectivity index (χ1n) is 10.9. The summed E-state index contributed by atoms with van der Waals surface area (Å²) >= 11 is 0. The monoisotopic (exact) mass is 413 g/mol. The van der Waals surface area contributed by atoms with Crippen LogP contribution in [0.15, 0.2) is 53.3 Å². The van der Waals surface area contributed by atoms with E-state index in [1.54, 1.807) is 11.0 Å². The third kappa shape index (κ3) is 8.03. The second-order valence-corrected chi connectivity index (χ2v) is 7.61. The number of nitrogens with one attached hydrogen (secondary N) is 1. The first-order chi connectivity index (χ1) is 14.5. The minimum absolute atomic E-state index is 0.0246. The lowest BCUT2D eigenvalue weighted by Gasteiger charge is -2.23. The van der Waals surface area contributed by atoms with Gasteiger partial charge in [0.15, 0.2) is 0 Å². The number of carbonyl (C=O) groups excluding carboxylic acids is 2. The molecule has 6 nitrogen and oxygen atoms in total. The Labute approximate surface area is 180 Å². The minimum atomic E-state index is -0.132. The summed E-state index contributed by atoms with van der Waals surface area (Å²) in [6.07, 6.45) is 5.21. The number of furan rings is 1. The zero-order valence-electron chi connectivity index (χ0n) is 18.5. The average Bonchev–Trinajstić information content (AvgIpc) is 3.29. The van der Waals surface area contributed by atoms with Crippen LogP contribution < -0.4 is 5.32 Å². The molecule has 6 heteroatoms. The molecule has 164 valence electrons. The van der Waals surface area contributed by atoms with Crippen molar-refractivity contribution in [1.29, 1.82) is 0 Å². The topological polar surface area (TPSA) is 65.8 Å². The van der Waals surface area contributed by atoms with E-state index < -0.39 is 0 Å². The number of hydrogen-bond acceptors (Lipinski definition) is 4. The van der Waals surface area contributed by atoms with Crippen molar-refractivity contribution in [3.05, 3.63) is 60.1 Å². The molecule has 2 rings (SSSR count). The highest BCUT2D eigenvalue weighted by Crippen LogP contribution is 2.11. The fourth-order valence-electron chi connectivity index (χ4n) is 3.44. The molecule has 0 bridgehead atoms. The summed E-state index contributed by atoms with van der Waals surface area (Å²) in [5, 5.41) is 3.07. The second-order valence-electron chi connectivity index (χ2n) is 7.61. The summed E-state index contributed by atoms with van der Waals surface area (Å²) in [6.45, 7) is 10.4. The number of nitrogens with zero attached hydrogens (tertiary/aromatic N) is 2. The Balaban J connectivity index is 1.84. The van der Waals surface area contributed by atoms with Crippen LogP contribution in [0.5, 0.6) is 0 Å². The SMILES string of the molecule is CCN(CC)CCCC(C)NC(=O)CCN(Cc1ccccc1)C(=O)c1ccoc1. The summed E-state index contributed by atoms with van der Waals surface area (Å²) < 4.78 is 5.05. The molecule has 1 aromatic carbocycles. The Morgan fingerprint density at radius 1 is 1.07 bits per heavy atom. The molecule has 2 aromatic rings. The van der Waals surface area contributed by atoms with Crippen LogP contribution in [0.4, 0.5) is 0 Å². The first-order valence-corrected chi connectivity index (χ1v) is 10.9. The molecule has 0 saturated carbocycles. The quantitative estimate of drug-likeness (QED) is 0.540. The molecule has 0 spiro atoms. The van der Waals surface area contributed by atoms with Crippen LogP contribution >= 0.6 is 0 Å². The predicted molar refractivity (Wildman–Crippen MR) is 119 cm³/mol. The van der Waals surface area contributed by atoms with Gasteiger partial charge in [0.25, 0.3) is 5.91 Å². The van der Waals surface area contributed by atoms with Crippen LogP contribution in [0.25, 0.3) is 0 Å². The van der Waals surface area contributed by atoms with E-state index in [9.17, 15) is 9.59 Å². The Bertz CT molecular complexity index is 742. The fraction of sp³-hybridized carbons (Fsp3) is 0.500. The van der Waals surface area contributed by atoms with Crippen molar-refractivity contribution in [2.45, 2.75) is 52.6 Å². The third-order valence-electron chi connectivity index (χ3n) is 5.29. The van der Waals surface area contributed by atoms with Gasteiger partial charge in [-0.3, -0.25) is 9.59 Å². The number of hydrogen-bond donors (Lipinski definition) is 1. The summed E-state index contributed by atoms with van der Waals surface area (Å²) in [4.78, 5) is 29.4. The number of rotatable bonds is 13. The Hall–Kier alpha value is -2.60. The van der Waals surface area contributed by atoms with E-state index in [1.807, 2.05) is 37.3 Å². The summed E-state index contributed by atoms with van der Waals surface area (Å²) in [5.41, 5.74) is 1.52. The first kappa shape index (κ1) is 23.7. The minimum Gasteiger partial charge on any atom is -0.472 e. The highest BCUT2D eigenvalue weighted by atomic mass is 16.3. The maximum absolute atomic E-state index is 12.8. The predicted octanol–water partition coefficient (Wildman–Crippen LogP) is 3.94. The molecule has 0 aliphatic heterocycles. The van der Waals surface area contributed by atoms with Gasteiger partial charge in [-0.15, -0.1) is 0 Å². The van der Waals surface area contributed by atoms with Gasteiger partial charge in [0, 0.05) is 25.6 Å². The molecule has 0 radical (unpaired) electrons. The molecule has 2 amide bonds. The van der Waals surface area contributed by atoms with Crippen molar-refractivity contribution in [3.8, 4) is 0 Å². The van der Waals surface area contributed by atoms with Crippen LogP contribution in [0.1, 0.15) is 56.0 Å².